The quantitative estimate of drug-likeness (QED) is 0.805. The van der Waals surface area contributed by atoms with Gasteiger partial charge in [-0.2, -0.15) is 0 Å². The SMILES string of the molecule is Fc1ccc(CNCCCN2CCCCC2)cc1Cl. The number of piperidine rings is 1. The van der Waals surface area contributed by atoms with Crippen LogP contribution in [0.5, 0.6) is 0 Å². The minimum Gasteiger partial charge on any atom is -0.313 e. The summed E-state index contributed by atoms with van der Waals surface area (Å²) in [6.07, 6.45) is 5.25. The second kappa shape index (κ2) is 7.83. The van der Waals surface area contributed by atoms with Crippen molar-refractivity contribution in [3.05, 3.63) is 34.6 Å². The van der Waals surface area contributed by atoms with Crippen LogP contribution in [0.1, 0.15) is 31.2 Å². The van der Waals surface area contributed by atoms with E-state index in [1.54, 1.807) is 12.1 Å². The van der Waals surface area contributed by atoms with Gasteiger partial charge in [0.05, 0.1) is 5.02 Å². The van der Waals surface area contributed by atoms with Crippen LogP contribution in [-0.4, -0.2) is 31.1 Å². The van der Waals surface area contributed by atoms with Crippen LogP contribution in [0.3, 0.4) is 0 Å². The van der Waals surface area contributed by atoms with Gasteiger partial charge in [0, 0.05) is 6.54 Å². The first-order valence-electron chi connectivity index (χ1n) is 7.13. The van der Waals surface area contributed by atoms with E-state index in [1.165, 1.54) is 45.0 Å². The van der Waals surface area contributed by atoms with Crippen LogP contribution in [0, 0.1) is 5.82 Å². The van der Waals surface area contributed by atoms with E-state index in [4.69, 9.17) is 11.6 Å². The van der Waals surface area contributed by atoms with Crippen LogP contribution < -0.4 is 5.32 Å². The molecule has 0 bridgehead atoms. The molecule has 0 amide bonds. The van der Waals surface area contributed by atoms with Crippen LogP contribution in [0.4, 0.5) is 4.39 Å². The summed E-state index contributed by atoms with van der Waals surface area (Å²) < 4.78 is 13.0. The molecule has 1 heterocycles. The first-order valence-corrected chi connectivity index (χ1v) is 7.50. The van der Waals surface area contributed by atoms with E-state index in [0.717, 1.165) is 25.1 Å². The Kier molecular flexibility index (Phi) is 6.08. The van der Waals surface area contributed by atoms with Crippen molar-refractivity contribution in [3.63, 3.8) is 0 Å². The van der Waals surface area contributed by atoms with Crippen LogP contribution >= 0.6 is 11.6 Å². The van der Waals surface area contributed by atoms with E-state index in [1.807, 2.05) is 0 Å². The fraction of sp³-hybridized carbons (Fsp3) is 0.600. The second-order valence-electron chi connectivity index (χ2n) is 5.18. The van der Waals surface area contributed by atoms with Crippen LogP contribution in [0.2, 0.25) is 5.02 Å². The number of nitrogens with one attached hydrogen (secondary N) is 1. The third kappa shape index (κ3) is 5.09. The summed E-state index contributed by atoms with van der Waals surface area (Å²) in [5, 5.41) is 3.58. The largest absolute Gasteiger partial charge is 0.313 e. The second-order valence-corrected chi connectivity index (χ2v) is 5.59. The topological polar surface area (TPSA) is 15.3 Å². The summed E-state index contributed by atoms with van der Waals surface area (Å²) in [4.78, 5) is 2.54. The first kappa shape index (κ1) is 14.8. The molecule has 1 aliphatic rings. The fourth-order valence-electron chi connectivity index (χ4n) is 2.49. The van der Waals surface area contributed by atoms with Gasteiger partial charge in [-0.15, -0.1) is 0 Å². The minimum atomic E-state index is -0.351. The molecule has 106 valence electrons. The van der Waals surface area contributed by atoms with E-state index in [2.05, 4.69) is 10.2 Å². The Balaban J connectivity index is 1.59. The Hall–Kier alpha value is -0.640. The van der Waals surface area contributed by atoms with E-state index in [0.29, 0.717) is 0 Å². The van der Waals surface area contributed by atoms with Crippen molar-refractivity contribution in [2.24, 2.45) is 0 Å². The predicted molar refractivity (Wildman–Crippen MR) is 78.0 cm³/mol. The molecule has 0 atom stereocenters. The van der Waals surface area contributed by atoms with Gasteiger partial charge in [-0.3, -0.25) is 0 Å². The summed E-state index contributed by atoms with van der Waals surface area (Å²) >= 11 is 5.75. The lowest BCUT2D eigenvalue weighted by Gasteiger charge is -2.26. The summed E-state index contributed by atoms with van der Waals surface area (Å²) in [6.45, 7) is 5.43. The normalized spacial score (nSPS) is 16.7. The Labute approximate surface area is 119 Å². The number of likely N-dealkylation sites (tertiary alicyclic amines) is 1. The number of benzene rings is 1. The molecule has 1 fully saturated rings. The Morgan fingerprint density at radius 2 is 2.00 bits per heavy atom. The lowest BCUT2D eigenvalue weighted by Crippen LogP contribution is -2.32. The van der Waals surface area contributed by atoms with Gasteiger partial charge in [0.2, 0.25) is 0 Å². The van der Waals surface area contributed by atoms with Gasteiger partial charge >= 0.3 is 0 Å². The van der Waals surface area contributed by atoms with Crippen molar-refractivity contribution < 1.29 is 4.39 Å². The zero-order chi connectivity index (χ0) is 13.5. The summed E-state index contributed by atoms with van der Waals surface area (Å²) in [6, 6.07) is 4.89. The summed E-state index contributed by atoms with van der Waals surface area (Å²) in [7, 11) is 0. The predicted octanol–water partition coefficient (Wildman–Crippen LogP) is 3.44. The van der Waals surface area contributed by atoms with Crippen molar-refractivity contribution in [2.75, 3.05) is 26.2 Å². The van der Waals surface area contributed by atoms with Crippen LogP contribution in [0.25, 0.3) is 0 Å². The summed E-state index contributed by atoms with van der Waals surface area (Å²) in [5.41, 5.74) is 1.03. The van der Waals surface area contributed by atoms with E-state index < -0.39 is 0 Å². The van der Waals surface area contributed by atoms with Crippen molar-refractivity contribution in [1.29, 1.82) is 0 Å². The van der Waals surface area contributed by atoms with Crippen molar-refractivity contribution >= 4 is 11.6 Å². The van der Waals surface area contributed by atoms with Crippen molar-refractivity contribution in [1.82, 2.24) is 10.2 Å². The third-order valence-electron chi connectivity index (χ3n) is 3.59. The average molecular weight is 285 g/mol. The maximum atomic E-state index is 13.0. The minimum absolute atomic E-state index is 0.201. The molecule has 1 saturated heterocycles. The van der Waals surface area contributed by atoms with Crippen LogP contribution in [0.15, 0.2) is 18.2 Å². The number of halogens is 2. The van der Waals surface area contributed by atoms with Crippen molar-refractivity contribution in [2.45, 2.75) is 32.2 Å². The molecule has 1 aromatic carbocycles. The molecule has 2 nitrogen and oxygen atoms in total. The molecule has 1 aromatic rings. The van der Waals surface area contributed by atoms with Gasteiger partial charge in [0.25, 0.3) is 0 Å². The smallest absolute Gasteiger partial charge is 0.141 e. The van der Waals surface area contributed by atoms with Gasteiger partial charge < -0.3 is 10.2 Å². The molecule has 19 heavy (non-hydrogen) atoms. The Morgan fingerprint density at radius 1 is 1.21 bits per heavy atom. The van der Waals surface area contributed by atoms with E-state index in [9.17, 15) is 4.39 Å². The van der Waals surface area contributed by atoms with E-state index in [-0.39, 0.29) is 10.8 Å². The molecular weight excluding hydrogens is 263 g/mol. The molecule has 0 radical (unpaired) electrons. The molecule has 0 aliphatic carbocycles. The molecule has 0 aromatic heterocycles. The zero-order valence-electron chi connectivity index (χ0n) is 11.3. The number of nitrogens with zero attached hydrogens (tertiary/aromatic N) is 1. The van der Waals surface area contributed by atoms with Gasteiger partial charge in [-0.05, 0) is 63.1 Å². The van der Waals surface area contributed by atoms with Gasteiger partial charge in [0.15, 0.2) is 0 Å². The lowest BCUT2D eigenvalue weighted by atomic mass is 10.1. The zero-order valence-corrected chi connectivity index (χ0v) is 12.1. The van der Waals surface area contributed by atoms with Gasteiger partial charge in [-0.1, -0.05) is 24.1 Å². The number of hydrogen-bond acceptors (Lipinski definition) is 2. The Bertz CT molecular complexity index is 392. The number of rotatable bonds is 6. The molecule has 0 saturated carbocycles. The fourth-order valence-corrected chi connectivity index (χ4v) is 2.70. The standard InChI is InChI=1S/C15H22ClFN2/c16-14-11-13(5-6-15(14)17)12-18-7-4-10-19-8-2-1-3-9-19/h5-6,11,18H,1-4,7-10,12H2. The molecule has 1 N–H and O–H groups in total. The molecule has 1 aliphatic heterocycles. The molecule has 0 unspecified atom stereocenters. The summed E-state index contributed by atoms with van der Waals surface area (Å²) in [5.74, 6) is -0.351. The highest BCUT2D eigenvalue weighted by Crippen LogP contribution is 2.15. The molecule has 0 spiro atoms. The van der Waals surface area contributed by atoms with Crippen LogP contribution in [-0.2, 0) is 6.54 Å². The molecule has 4 heteroatoms. The van der Waals surface area contributed by atoms with Crippen molar-refractivity contribution in [3.8, 4) is 0 Å². The first-order chi connectivity index (χ1) is 9.25. The highest BCUT2D eigenvalue weighted by atomic mass is 35.5. The highest BCUT2D eigenvalue weighted by Gasteiger charge is 2.08. The van der Waals surface area contributed by atoms with Gasteiger partial charge in [0.1, 0.15) is 5.82 Å². The molecular formula is C15H22ClFN2. The third-order valence-corrected chi connectivity index (χ3v) is 3.88. The molecule has 2 rings (SSSR count). The van der Waals surface area contributed by atoms with Gasteiger partial charge in [-0.25, -0.2) is 4.39 Å². The Morgan fingerprint density at radius 3 is 2.74 bits per heavy atom. The maximum Gasteiger partial charge on any atom is 0.141 e. The maximum absolute atomic E-state index is 13.0. The highest BCUT2D eigenvalue weighted by molar-refractivity contribution is 6.30. The average Bonchev–Trinajstić information content (AvgIpc) is 2.43. The number of hydrogen-bond donors (Lipinski definition) is 1. The lowest BCUT2D eigenvalue weighted by molar-refractivity contribution is 0.225. The van der Waals surface area contributed by atoms with E-state index >= 15 is 0 Å². The monoisotopic (exact) mass is 284 g/mol.